The minimum absolute atomic E-state index is 0.237. The molecule has 0 spiro atoms. The molecule has 0 saturated carbocycles. The van der Waals surface area contributed by atoms with Crippen LogP contribution in [-0.2, 0) is 4.74 Å². The van der Waals surface area contributed by atoms with Crippen LogP contribution in [0.2, 0.25) is 0 Å². The Labute approximate surface area is 192 Å². The van der Waals surface area contributed by atoms with Gasteiger partial charge in [0, 0.05) is 0 Å². The number of thioether (sulfide) groups is 1. The van der Waals surface area contributed by atoms with Crippen molar-refractivity contribution in [2.45, 2.75) is 34.1 Å². The second kappa shape index (κ2) is 23.8. The predicted octanol–water partition coefficient (Wildman–Crippen LogP) is 5.60. The molecule has 31 heavy (non-hydrogen) atoms. The summed E-state index contributed by atoms with van der Waals surface area (Å²) in [7, 11) is 1.57. The zero-order valence-electron chi connectivity index (χ0n) is 19.7. The van der Waals surface area contributed by atoms with E-state index in [2.05, 4.69) is 24.1 Å². The van der Waals surface area contributed by atoms with Gasteiger partial charge in [-0.1, -0.05) is 45.4 Å². The van der Waals surface area contributed by atoms with Crippen LogP contribution < -0.4 is 10.5 Å². The largest absolute Gasteiger partial charge is 0.508 e. The van der Waals surface area contributed by atoms with Crippen LogP contribution in [0.3, 0.4) is 0 Å². The van der Waals surface area contributed by atoms with Crippen LogP contribution in [0.25, 0.3) is 0 Å². The number of nitrogens with two attached hydrogens (primary N) is 1. The molecular formula is C24H39N3O3S. The van der Waals surface area contributed by atoms with E-state index < -0.39 is 0 Å². The molecule has 0 fully saturated rings. The molecule has 0 radical (unpaired) electrons. The molecule has 0 aliphatic carbocycles. The number of benzene rings is 2. The molecule has 3 N–H and O–H groups in total. The maximum Gasteiger partial charge on any atom is 0.218 e. The Hall–Kier alpha value is -2.51. The van der Waals surface area contributed by atoms with Crippen molar-refractivity contribution in [1.82, 2.24) is 0 Å². The van der Waals surface area contributed by atoms with Crippen molar-refractivity contribution in [2.75, 3.05) is 32.3 Å². The van der Waals surface area contributed by atoms with Crippen molar-refractivity contribution < 1.29 is 14.6 Å². The third-order valence-corrected chi connectivity index (χ3v) is 3.36. The van der Waals surface area contributed by atoms with Crippen LogP contribution in [0.4, 0.5) is 0 Å². The summed E-state index contributed by atoms with van der Waals surface area (Å²) in [5.74, 6) is 2.46. The maximum absolute atomic E-state index is 9.08. The quantitative estimate of drug-likeness (QED) is 0.340. The van der Waals surface area contributed by atoms with Gasteiger partial charge in [0.15, 0.2) is 0 Å². The first kappa shape index (κ1) is 30.7. The van der Waals surface area contributed by atoms with Gasteiger partial charge in [0.05, 0.1) is 25.7 Å². The van der Waals surface area contributed by atoms with Crippen LogP contribution in [0, 0.1) is 0 Å². The number of para-hydroxylation sites is 1. The van der Waals surface area contributed by atoms with Crippen molar-refractivity contribution in [2.24, 2.45) is 15.9 Å². The summed E-state index contributed by atoms with van der Waals surface area (Å²) in [5.41, 5.74) is 5.72. The number of phenolic OH excluding ortho intramolecular Hbond substituents is 1. The lowest BCUT2D eigenvalue weighted by Crippen LogP contribution is -2.03. The van der Waals surface area contributed by atoms with Gasteiger partial charge in [0.25, 0.3) is 0 Å². The normalized spacial score (nSPS) is 9.97. The lowest BCUT2D eigenvalue weighted by Gasteiger charge is -1.99. The molecule has 2 aromatic rings. The van der Waals surface area contributed by atoms with E-state index in [1.165, 1.54) is 6.42 Å². The number of hydrogen-bond donors (Lipinski definition) is 2. The van der Waals surface area contributed by atoms with Gasteiger partial charge in [-0.25, -0.2) is 0 Å². The fourth-order valence-electron chi connectivity index (χ4n) is 1.66. The summed E-state index contributed by atoms with van der Waals surface area (Å²) >= 11 is 1.62. The molecule has 0 aromatic heterocycles. The summed E-state index contributed by atoms with van der Waals surface area (Å²) in [4.78, 5) is 0. The van der Waals surface area contributed by atoms with Crippen molar-refractivity contribution in [3.8, 4) is 11.5 Å². The zero-order valence-corrected chi connectivity index (χ0v) is 20.6. The van der Waals surface area contributed by atoms with Gasteiger partial charge in [-0.05, 0) is 61.7 Å². The lowest BCUT2D eigenvalue weighted by atomic mass is 10.2. The minimum atomic E-state index is 0.237. The first-order valence-electron chi connectivity index (χ1n) is 10.3. The van der Waals surface area contributed by atoms with E-state index in [-0.39, 0.29) is 5.75 Å². The molecule has 0 unspecified atom stereocenters. The first-order chi connectivity index (χ1) is 15.0. The van der Waals surface area contributed by atoms with Crippen molar-refractivity contribution in [1.29, 1.82) is 0 Å². The summed E-state index contributed by atoms with van der Waals surface area (Å²) in [5, 5.41) is 16.9. The zero-order chi connectivity index (χ0) is 23.7. The Kier molecular flexibility index (Phi) is 23.5. The first-order valence-corrected chi connectivity index (χ1v) is 11.7. The van der Waals surface area contributed by atoms with Crippen molar-refractivity contribution in [3.05, 3.63) is 60.2 Å². The minimum Gasteiger partial charge on any atom is -0.508 e. The van der Waals surface area contributed by atoms with E-state index in [9.17, 15) is 0 Å². The Bertz CT molecular complexity index is 676. The number of aromatic hydroxyl groups is 1. The van der Waals surface area contributed by atoms with Gasteiger partial charge in [-0.15, -0.1) is 5.10 Å². The molecule has 174 valence electrons. The Balaban J connectivity index is 0. The molecule has 0 atom stereocenters. The average molecular weight is 450 g/mol. The van der Waals surface area contributed by atoms with Crippen molar-refractivity contribution in [3.63, 3.8) is 0 Å². The SMILES string of the molecule is CCC.CCN.CCOc1ccccc1.CO/C(CSC)=N\N=C\c1ccc(O)cc1. The molecule has 0 heterocycles. The second-order valence-corrected chi connectivity index (χ2v) is 6.69. The third kappa shape index (κ3) is 20.5. The summed E-state index contributed by atoms with van der Waals surface area (Å²) in [6, 6.07) is 16.5. The monoisotopic (exact) mass is 449 g/mol. The molecule has 0 aliphatic heterocycles. The van der Waals surface area contributed by atoms with E-state index in [1.807, 2.05) is 50.4 Å². The molecular weight excluding hydrogens is 410 g/mol. The number of phenols is 1. The topological polar surface area (TPSA) is 89.4 Å². The fourth-order valence-corrected chi connectivity index (χ4v) is 2.08. The summed E-state index contributed by atoms with van der Waals surface area (Å²) in [6.45, 7) is 9.62. The van der Waals surface area contributed by atoms with Crippen LogP contribution >= 0.6 is 11.8 Å². The highest BCUT2D eigenvalue weighted by Gasteiger charge is 1.94. The highest BCUT2D eigenvalue weighted by molar-refractivity contribution is 7.99. The van der Waals surface area contributed by atoms with E-state index in [0.29, 0.717) is 11.7 Å². The number of methoxy groups -OCH3 is 1. The van der Waals surface area contributed by atoms with Gasteiger partial charge >= 0.3 is 0 Å². The molecule has 0 bridgehead atoms. The Morgan fingerprint density at radius 2 is 1.58 bits per heavy atom. The maximum atomic E-state index is 9.08. The summed E-state index contributed by atoms with van der Waals surface area (Å²) < 4.78 is 10.2. The highest BCUT2D eigenvalue weighted by atomic mass is 32.2. The van der Waals surface area contributed by atoms with Gasteiger partial charge in [-0.3, -0.25) is 0 Å². The van der Waals surface area contributed by atoms with Gasteiger partial charge in [0.2, 0.25) is 5.90 Å². The highest BCUT2D eigenvalue weighted by Crippen LogP contribution is 2.08. The second-order valence-electron chi connectivity index (χ2n) is 5.83. The molecule has 0 aliphatic rings. The smallest absolute Gasteiger partial charge is 0.218 e. The third-order valence-electron chi connectivity index (χ3n) is 2.83. The molecule has 0 saturated heterocycles. The number of hydrogen-bond acceptors (Lipinski definition) is 7. The van der Waals surface area contributed by atoms with Gasteiger partial charge < -0.3 is 20.3 Å². The van der Waals surface area contributed by atoms with Crippen LogP contribution in [0.1, 0.15) is 39.7 Å². The molecule has 0 amide bonds. The van der Waals surface area contributed by atoms with Gasteiger partial charge in [0.1, 0.15) is 11.5 Å². The van der Waals surface area contributed by atoms with E-state index >= 15 is 0 Å². The molecule has 7 heteroatoms. The van der Waals surface area contributed by atoms with Crippen LogP contribution in [0.5, 0.6) is 11.5 Å². The van der Waals surface area contributed by atoms with Crippen LogP contribution in [-0.4, -0.2) is 49.5 Å². The number of nitrogens with zero attached hydrogens (tertiary/aromatic N) is 2. The number of ether oxygens (including phenoxy) is 2. The lowest BCUT2D eigenvalue weighted by molar-refractivity contribution is 0.340. The standard InChI is InChI=1S/C11H14N2O2S.C8H10O.C3H8.C2H7N/c1-15-11(8-16-2)13-12-7-9-3-5-10(14)6-4-9;1-2-9-8-6-4-3-5-7-8;1-3-2;1-2-3/h3-7,14H,8H2,1-2H3;3-7H,2H2,1H3;3H2,1-2H3;2-3H2,1H3/b12-7+,13-11-;;;. The predicted molar refractivity (Wildman–Crippen MR) is 137 cm³/mol. The molecule has 2 aromatic carbocycles. The van der Waals surface area contributed by atoms with E-state index in [4.69, 9.17) is 20.3 Å². The molecule has 6 nitrogen and oxygen atoms in total. The van der Waals surface area contributed by atoms with Gasteiger partial charge in [-0.2, -0.15) is 16.9 Å². The Morgan fingerprint density at radius 3 is 2.03 bits per heavy atom. The van der Waals surface area contributed by atoms with Crippen molar-refractivity contribution >= 4 is 23.9 Å². The number of rotatable bonds is 6. The Morgan fingerprint density at radius 1 is 1.03 bits per heavy atom. The molecule has 2 rings (SSSR count). The van der Waals surface area contributed by atoms with Crippen LogP contribution in [0.15, 0.2) is 64.8 Å². The average Bonchev–Trinajstić information content (AvgIpc) is 2.77. The van der Waals surface area contributed by atoms with E-state index in [0.717, 1.165) is 24.5 Å². The van der Waals surface area contributed by atoms with E-state index in [1.54, 1.807) is 49.4 Å². The summed E-state index contributed by atoms with van der Waals surface area (Å²) in [6.07, 6.45) is 4.83. The fraction of sp³-hybridized carbons (Fsp3) is 0.417.